The number of rotatable bonds is 4. The van der Waals surface area contributed by atoms with Gasteiger partial charge in [0.15, 0.2) is 17.3 Å². The number of aryl methyl sites for hydroxylation is 1. The van der Waals surface area contributed by atoms with Crippen molar-refractivity contribution in [3.05, 3.63) is 30.0 Å². The van der Waals surface area contributed by atoms with Crippen LogP contribution in [0.3, 0.4) is 0 Å². The molecule has 0 spiro atoms. The van der Waals surface area contributed by atoms with Crippen molar-refractivity contribution in [2.45, 2.75) is 19.9 Å². The minimum absolute atomic E-state index is 0.0204. The Morgan fingerprint density at radius 2 is 2.38 bits per heavy atom. The molecule has 4 heterocycles. The standard InChI is InChI=1S/C15H16N6O3/c1-9-17-15(24-20-9)11-3-2-5-21-12(18-19-13(11)21)7-16-14(22)10-4-6-23-8-10/h2-3,5,10H,4,6-8H2,1H3,(H,16,22). The Hall–Kier alpha value is -2.81. The average molecular weight is 328 g/mol. The van der Waals surface area contributed by atoms with E-state index in [2.05, 4.69) is 25.7 Å². The molecule has 4 rings (SSSR count). The maximum absolute atomic E-state index is 12.1. The van der Waals surface area contributed by atoms with Crippen LogP contribution in [0.5, 0.6) is 0 Å². The summed E-state index contributed by atoms with van der Waals surface area (Å²) in [5, 5.41) is 15.0. The lowest BCUT2D eigenvalue weighted by molar-refractivity contribution is -0.125. The van der Waals surface area contributed by atoms with Gasteiger partial charge in [0.1, 0.15) is 0 Å². The number of hydrogen-bond acceptors (Lipinski definition) is 7. The Labute approximate surface area is 137 Å². The monoisotopic (exact) mass is 328 g/mol. The number of amides is 1. The van der Waals surface area contributed by atoms with Crippen LogP contribution in [0.1, 0.15) is 18.1 Å². The molecule has 1 aliphatic heterocycles. The average Bonchev–Trinajstić information content (AvgIpc) is 3.33. The fourth-order valence-electron chi connectivity index (χ4n) is 2.71. The predicted molar refractivity (Wildman–Crippen MR) is 81.8 cm³/mol. The summed E-state index contributed by atoms with van der Waals surface area (Å²) < 4.78 is 12.2. The van der Waals surface area contributed by atoms with Gasteiger partial charge < -0.3 is 14.6 Å². The highest BCUT2D eigenvalue weighted by molar-refractivity contribution is 5.79. The second kappa shape index (κ2) is 6.00. The Kier molecular flexibility index (Phi) is 3.69. The van der Waals surface area contributed by atoms with Crippen molar-refractivity contribution in [3.63, 3.8) is 0 Å². The van der Waals surface area contributed by atoms with Crippen LogP contribution in [-0.2, 0) is 16.1 Å². The molecule has 0 aliphatic carbocycles. The SMILES string of the molecule is Cc1noc(-c2cccn3c(CNC(=O)C4CCOC4)nnc23)n1. The Morgan fingerprint density at radius 1 is 1.46 bits per heavy atom. The number of ether oxygens (including phenoxy) is 1. The zero-order valence-corrected chi connectivity index (χ0v) is 13.1. The normalized spacial score (nSPS) is 17.5. The first-order chi connectivity index (χ1) is 11.7. The van der Waals surface area contributed by atoms with E-state index in [4.69, 9.17) is 9.26 Å². The number of carbonyl (C=O) groups excluding carboxylic acids is 1. The first-order valence-electron chi connectivity index (χ1n) is 7.71. The summed E-state index contributed by atoms with van der Waals surface area (Å²) in [5.74, 6) is 1.48. The number of pyridine rings is 1. The minimum atomic E-state index is -0.0823. The molecule has 24 heavy (non-hydrogen) atoms. The van der Waals surface area contributed by atoms with Gasteiger partial charge >= 0.3 is 0 Å². The summed E-state index contributed by atoms with van der Waals surface area (Å²) in [4.78, 5) is 16.3. The van der Waals surface area contributed by atoms with E-state index in [0.717, 1.165) is 6.42 Å². The van der Waals surface area contributed by atoms with E-state index in [1.807, 2.05) is 18.3 Å². The molecule has 1 aliphatic rings. The molecule has 1 unspecified atom stereocenters. The highest BCUT2D eigenvalue weighted by Gasteiger charge is 2.23. The van der Waals surface area contributed by atoms with E-state index in [0.29, 0.717) is 48.5 Å². The maximum Gasteiger partial charge on any atom is 0.261 e. The zero-order valence-electron chi connectivity index (χ0n) is 13.1. The highest BCUT2D eigenvalue weighted by Crippen LogP contribution is 2.22. The van der Waals surface area contributed by atoms with Crippen LogP contribution < -0.4 is 5.32 Å². The van der Waals surface area contributed by atoms with Crippen molar-refractivity contribution in [3.8, 4) is 11.5 Å². The molecular formula is C15H16N6O3. The highest BCUT2D eigenvalue weighted by atomic mass is 16.5. The summed E-state index contributed by atoms with van der Waals surface area (Å²) in [6, 6.07) is 3.69. The van der Waals surface area contributed by atoms with Crippen molar-refractivity contribution < 1.29 is 14.1 Å². The molecule has 0 radical (unpaired) electrons. The maximum atomic E-state index is 12.1. The van der Waals surface area contributed by atoms with Crippen molar-refractivity contribution in [1.82, 2.24) is 30.1 Å². The van der Waals surface area contributed by atoms with Crippen LogP contribution in [0, 0.1) is 12.8 Å². The minimum Gasteiger partial charge on any atom is -0.381 e. The van der Waals surface area contributed by atoms with Gasteiger partial charge in [-0.05, 0) is 25.5 Å². The fourth-order valence-corrected chi connectivity index (χ4v) is 2.71. The Balaban J connectivity index is 1.57. The van der Waals surface area contributed by atoms with Crippen LogP contribution in [-0.4, -0.2) is 43.9 Å². The molecule has 3 aromatic rings. The van der Waals surface area contributed by atoms with E-state index in [9.17, 15) is 4.79 Å². The molecule has 0 saturated carbocycles. The van der Waals surface area contributed by atoms with E-state index >= 15 is 0 Å². The first-order valence-corrected chi connectivity index (χ1v) is 7.71. The number of hydrogen-bond donors (Lipinski definition) is 1. The summed E-state index contributed by atoms with van der Waals surface area (Å²) in [6.07, 6.45) is 2.59. The number of aromatic nitrogens is 5. The van der Waals surface area contributed by atoms with E-state index in [1.54, 1.807) is 11.3 Å². The number of nitrogens with zero attached hydrogens (tertiary/aromatic N) is 5. The summed E-state index contributed by atoms with van der Waals surface area (Å²) in [6.45, 7) is 3.17. The molecule has 1 N–H and O–H groups in total. The van der Waals surface area contributed by atoms with Crippen LogP contribution in [0.25, 0.3) is 17.1 Å². The third-order valence-electron chi connectivity index (χ3n) is 3.98. The topological polar surface area (TPSA) is 107 Å². The van der Waals surface area contributed by atoms with Gasteiger partial charge in [-0.3, -0.25) is 9.20 Å². The largest absolute Gasteiger partial charge is 0.381 e. The second-order valence-electron chi connectivity index (χ2n) is 5.66. The molecule has 9 nitrogen and oxygen atoms in total. The van der Waals surface area contributed by atoms with E-state index in [-0.39, 0.29) is 11.8 Å². The van der Waals surface area contributed by atoms with Gasteiger partial charge in [-0.25, -0.2) is 0 Å². The summed E-state index contributed by atoms with van der Waals surface area (Å²) in [7, 11) is 0. The van der Waals surface area contributed by atoms with Gasteiger partial charge in [0.25, 0.3) is 5.89 Å². The molecule has 1 amide bonds. The quantitative estimate of drug-likeness (QED) is 0.752. The van der Waals surface area contributed by atoms with Crippen LogP contribution in [0.4, 0.5) is 0 Å². The molecule has 0 bridgehead atoms. The number of fused-ring (bicyclic) bond motifs is 1. The third-order valence-corrected chi connectivity index (χ3v) is 3.98. The van der Waals surface area contributed by atoms with Crippen molar-refractivity contribution >= 4 is 11.6 Å². The van der Waals surface area contributed by atoms with Gasteiger partial charge in [-0.1, -0.05) is 5.16 Å². The lowest BCUT2D eigenvalue weighted by Crippen LogP contribution is -2.31. The van der Waals surface area contributed by atoms with Gasteiger partial charge in [-0.15, -0.1) is 10.2 Å². The molecule has 9 heteroatoms. The number of nitrogens with one attached hydrogen (secondary N) is 1. The van der Waals surface area contributed by atoms with Gasteiger partial charge in [0.05, 0.1) is 24.6 Å². The van der Waals surface area contributed by atoms with E-state index in [1.165, 1.54) is 0 Å². The Morgan fingerprint density at radius 3 is 3.12 bits per heavy atom. The summed E-state index contributed by atoms with van der Waals surface area (Å²) >= 11 is 0. The molecule has 0 aromatic carbocycles. The zero-order chi connectivity index (χ0) is 16.5. The molecule has 3 aromatic heterocycles. The third kappa shape index (κ3) is 2.62. The summed E-state index contributed by atoms with van der Waals surface area (Å²) in [5.41, 5.74) is 1.31. The molecule has 1 saturated heterocycles. The second-order valence-corrected chi connectivity index (χ2v) is 5.66. The van der Waals surface area contributed by atoms with Gasteiger partial charge in [0.2, 0.25) is 5.91 Å². The number of carbonyl (C=O) groups is 1. The Bertz CT molecular complexity index is 880. The predicted octanol–water partition coefficient (Wildman–Crippen LogP) is 0.740. The lowest BCUT2D eigenvalue weighted by atomic mass is 10.1. The van der Waals surface area contributed by atoms with Gasteiger partial charge in [0, 0.05) is 12.8 Å². The fraction of sp³-hybridized carbons (Fsp3) is 0.400. The van der Waals surface area contributed by atoms with Crippen molar-refractivity contribution in [2.75, 3.05) is 13.2 Å². The van der Waals surface area contributed by atoms with Crippen molar-refractivity contribution in [1.29, 1.82) is 0 Å². The smallest absolute Gasteiger partial charge is 0.261 e. The van der Waals surface area contributed by atoms with Crippen LogP contribution in [0.15, 0.2) is 22.9 Å². The molecular weight excluding hydrogens is 312 g/mol. The van der Waals surface area contributed by atoms with Crippen LogP contribution >= 0.6 is 0 Å². The molecule has 124 valence electrons. The van der Waals surface area contributed by atoms with Crippen molar-refractivity contribution in [2.24, 2.45) is 5.92 Å². The molecule has 1 atom stereocenters. The van der Waals surface area contributed by atoms with E-state index < -0.39 is 0 Å². The molecule has 1 fully saturated rings. The lowest BCUT2D eigenvalue weighted by Gasteiger charge is -2.08. The van der Waals surface area contributed by atoms with Gasteiger partial charge in [-0.2, -0.15) is 4.98 Å². The van der Waals surface area contributed by atoms with Crippen LogP contribution in [0.2, 0.25) is 0 Å². The first kappa shape index (κ1) is 14.8.